The zero-order valence-electron chi connectivity index (χ0n) is 11.3. The molecule has 2 aromatic rings. The number of hydrogen-bond donors (Lipinski definition) is 2. The van der Waals surface area contributed by atoms with Crippen LogP contribution in [0.2, 0.25) is 0 Å². The molecule has 1 amide bonds. The highest BCUT2D eigenvalue weighted by Crippen LogP contribution is 2.24. The standard InChI is InChI=1S/C15H17FN2O2/c1-17-9-4-10-18-15(19)14-8-7-13(20-14)11-5-2-3-6-12(11)16/h2-3,5-8,17H,4,9-10H2,1H3,(H,18,19). The summed E-state index contributed by atoms with van der Waals surface area (Å²) in [5.74, 6) is -0.122. The highest BCUT2D eigenvalue weighted by molar-refractivity contribution is 5.92. The fourth-order valence-corrected chi connectivity index (χ4v) is 1.82. The Kier molecular flexibility index (Phi) is 4.90. The van der Waals surface area contributed by atoms with Crippen molar-refractivity contribution in [2.45, 2.75) is 6.42 Å². The molecule has 0 saturated heterocycles. The summed E-state index contributed by atoms with van der Waals surface area (Å²) in [6, 6.07) is 9.45. The van der Waals surface area contributed by atoms with Crippen LogP contribution < -0.4 is 10.6 Å². The molecule has 0 fully saturated rings. The molecule has 0 saturated carbocycles. The summed E-state index contributed by atoms with van der Waals surface area (Å²) >= 11 is 0. The molecule has 106 valence electrons. The van der Waals surface area contributed by atoms with Gasteiger partial charge in [0.15, 0.2) is 5.76 Å². The van der Waals surface area contributed by atoms with E-state index < -0.39 is 0 Å². The fraction of sp³-hybridized carbons (Fsp3) is 0.267. The molecule has 0 radical (unpaired) electrons. The maximum absolute atomic E-state index is 13.6. The molecule has 1 heterocycles. The largest absolute Gasteiger partial charge is 0.451 e. The number of amides is 1. The summed E-state index contributed by atoms with van der Waals surface area (Å²) in [6.07, 6.45) is 0.836. The first kappa shape index (κ1) is 14.3. The van der Waals surface area contributed by atoms with Crippen LogP contribution in [0.1, 0.15) is 17.0 Å². The number of rotatable bonds is 6. The molecule has 0 aliphatic carbocycles. The van der Waals surface area contributed by atoms with E-state index in [4.69, 9.17) is 4.42 Å². The minimum Gasteiger partial charge on any atom is -0.451 e. The number of carbonyl (C=O) groups is 1. The van der Waals surface area contributed by atoms with Crippen molar-refractivity contribution in [3.63, 3.8) is 0 Å². The van der Waals surface area contributed by atoms with Gasteiger partial charge in [-0.1, -0.05) is 12.1 Å². The normalized spacial score (nSPS) is 10.5. The third kappa shape index (κ3) is 3.45. The van der Waals surface area contributed by atoms with E-state index in [2.05, 4.69) is 10.6 Å². The first-order valence-electron chi connectivity index (χ1n) is 6.50. The SMILES string of the molecule is CNCCCNC(=O)c1ccc(-c2ccccc2F)o1. The van der Waals surface area contributed by atoms with E-state index in [1.165, 1.54) is 6.07 Å². The van der Waals surface area contributed by atoms with Crippen molar-refractivity contribution in [3.8, 4) is 11.3 Å². The van der Waals surface area contributed by atoms with Gasteiger partial charge in [0, 0.05) is 6.54 Å². The summed E-state index contributed by atoms with van der Waals surface area (Å²) < 4.78 is 19.0. The summed E-state index contributed by atoms with van der Waals surface area (Å²) in [5.41, 5.74) is 0.349. The highest BCUT2D eigenvalue weighted by Gasteiger charge is 2.13. The molecular formula is C15H17FN2O2. The molecule has 1 aromatic carbocycles. The monoisotopic (exact) mass is 276 g/mol. The van der Waals surface area contributed by atoms with Crippen LogP contribution in [-0.2, 0) is 0 Å². The molecule has 0 spiro atoms. The van der Waals surface area contributed by atoms with Gasteiger partial charge < -0.3 is 15.1 Å². The number of hydrogen-bond acceptors (Lipinski definition) is 3. The summed E-state index contributed by atoms with van der Waals surface area (Å²) in [6.45, 7) is 1.40. The van der Waals surface area contributed by atoms with E-state index in [0.29, 0.717) is 17.9 Å². The molecule has 0 bridgehead atoms. The minimum atomic E-state index is -0.372. The van der Waals surface area contributed by atoms with Crippen molar-refractivity contribution < 1.29 is 13.6 Å². The second kappa shape index (κ2) is 6.86. The van der Waals surface area contributed by atoms with Gasteiger partial charge in [0.05, 0.1) is 5.56 Å². The molecule has 0 aliphatic heterocycles. The second-order valence-corrected chi connectivity index (χ2v) is 4.36. The first-order chi connectivity index (χ1) is 9.72. The zero-order valence-corrected chi connectivity index (χ0v) is 11.3. The highest BCUT2D eigenvalue weighted by atomic mass is 19.1. The summed E-state index contributed by atoms with van der Waals surface area (Å²) in [5, 5.41) is 5.74. The molecule has 0 atom stereocenters. The second-order valence-electron chi connectivity index (χ2n) is 4.36. The maximum Gasteiger partial charge on any atom is 0.287 e. The smallest absolute Gasteiger partial charge is 0.287 e. The van der Waals surface area contributed by atoms with E-state index in [9.17, 15) is 9.18 Å². The first-order valence-corrected chi connectivity index (χ1v) is 6.50. The van der Waals surface area contributed by atoms with E-state index >= 15 is 0 Å². The van der Waals surface area contributed by atoms with Gasteiger partial charge in [0.25, 0.3) is 5.91 Å². The van der Waals surface area contributed by atoms with Crippen molar-refractivity contribution >= 4 is 5.91 Å². The van der Waals surface area contributed by atoms with Gasteiger partial charge in [0.2, 0.25) is 0 Å². The van der Waals surface area contributed by atoms with Gasteiger partial charge in [-0.25, -0.2) is 4.39 Å². The number of halogens is 1. The Balaban J connectivity index is 2.02. The van der Waals surface area contributed by atoms with Crippen LogP contribution in [0.4, 0.5) is 4.39 Å². The molecule has 0 unspecified atom stereocenters. The van der Waals surface area contributed by atoms with Gasteiger partial charge >= 0.3 is 0 Å². The third-order valence-corrected chi connectivity index (χ3v) is 2.86. The minimum absolute atomic E-state index is 0.188. The van der Waals surface area contributed by atoms with Gasteiger partial charge in [-0.2, -0.15) is 0 Å². The van der Waals surface area contributed by atoms with Crippen molar-refractivity contribution in [1.82, 2.24) is 10.6 Å². The van der Waals surface area contributed by atoms with Gasteiger partial charge in [-0.15, -0.1) is 0 Å². The lowest BCUT2D eigenvalue weighted by atomic mass is 10.1. The third-order valence-electron chi connectivity index (χ3n) is 2.86. The number of nitrogens with one attached hydrogen (secondary N) is 2. The Morgan fingerprint density at radius 2 is 2.00 bits per heavy atom. The average molecular weight is 276 g/mol. The van der Waals surface area contributed by atoms with Crippen LogP contribution in [0.15, 0.2) is 40.8 Å². The van der Waals surface area contributed by atoms with Crippen LogP contribution in [0.25, 0.3) is 11.3 Å². The van der Waals surface area contributed by atoms with E-state index in [-0.39, 0.29) is 17.5 Å². The summed E-state index contributed by atoms with van der Waals surface area (Å²) in [4.78, 5) is 11.8. The van der Waals surface area contributed by atoms with Crippen LogP contribution in [-0.4, -0.2) is 26.0 Å². The molecule has 1 aromatic heterocycles. The molecule has 2 rings (SSSR count). The van der Waals surface area contributed by atoms with Crippen molar-refractivity contribution in [1.29, 1.82) is 0 Å². The molecule has 5 heteroatoms. The number of carbonyl (C=O) groups excluding carboxylic acids is 1. The molecule has 0 aliphatic rings. The Hall–Kier alpha value is -2.14. The van der Waals surface area contributed by atoms with Gasteiger partial charge in [-0.3, -0.25) is 4.79 Å². The van der Waals surface area contributed by atoms with Crippen molar-refractivity contribution in [2.24, 2.45) is 0 Å². The lowest BCUT2D eigenvalue weighted by molar-refractivity contribution is 0.0926. The van der Waals surface area contributed by atoms with Crippen molar-refractivity contribution in [2.75, 3.05) is 20.1 Å². The lowest BCUT2D eigenvalue weighted by Gasteiger charge is -2.02. The predicted molar refractivity (Wildman–Crippen MR) is 75.0 cm³/mol. The summed E-state index contributed by atoms with van der Waals surface area (Å²) in [7, 11) is 1.86. The Morgan fingerprint density at radius 1 is 1.20 bits per heavy atom. The zero-order chi connectivity index (χ0) is 14.4. The van der Waals surface area contributed by atoms with Gasteiger partial charge in [0.1, 0.15) is 11.6 Å². The fourth-order valence-electron chi connectivity index (χ4n) is 1.82. The Bertz CT molecular complexity index is 581. The molecule has 2 N–H and O–H groups in total. The van der Waals surface area contributed by atoms with Crippen LogP contribution >= 0.6 is 0 Å². The van der Waals surface area contributed by atoms with Crippen LogP contribution in [0, 0.1) is 5.82 Å². The molecule has 4 nitrogen and oxygen atoms in total. The quantitative estimate of drug-likeness (QED) is 0.797. The number of furan rings is 1. The molecular weight excluding hydrogens is 259 g/mol. The van der Waals surface area contributed by atoms with E-state index in [1.807, 2.05) is 7.05 Å². The Labute approximate surface area is 117 Å². The molecule has 20 heavy (non-hydrogen) atoms. The van der Waals surface area contributed by atoms with E-state index in [0.717, 1.165) is 13.0 Å². The number of benzene rings is 1. The maximum atomic E-state index is 13.6. The average Bonchev–Trinajstić information content (AvgIpc) is 2.93. The topological polar surface area (TPSA) is 54.3 Å². The predicted octanol–water partition coefficient (Wildman–Crippen LogP) is 2.43. The van der Waals surface area contributed by atoms with E-state index in [1.54, 1.807) is 30.3 Å². The van der Waals surface area contributed by atoms with Gasteiger partial charge in [-0.05, 0) is 44.3 Å². The lowest BCUT2D eigenvalue weighted by Crippen LogP contribution is -2.26. The Morgan fingerprint density at radius 3 is 2.75 bits per heavy atom. The van der Waals surface area contributed by atoms with Crippen molar-refractivity contribution in [3.05, 3.63) is 48.0 Å². The van der Waals surface area contributed by atoms with Crippen LogP contribution in [0.3, 0.4) is 0 Å². The van der Waals surface area contributed by atoms with Crippen LogP contribution in [0.5, 0.6) is 0 Å².